The molecule has 6 heteroatoms. The lowest BCUT2D eigenvalue weighted by Gasteiger charge is -2.39. The van der Waals surface area contributed by atoms with E-state index in [1.165, 1.54) is 17.8 Å². The Balaban J connectivity index is 1.59. The third-order valence-electron chi connectivity index (χ3n) is 4.14. The van der Waals surface area contributed by atoms with Crippen molar-refractivity contribution >= 4 is 22.7 Å². The van der Waals surface area contributed by atoms with E-state index < -0.39 is 0 Å². The maximum absolute atomic E-state index is 11.8. The predicted octanol–water partition coefficient (Wildman–Crippen LogP) is 0.710. The number of nitrogens with one attached hydrogen (secondary N) is 1. The molecule has 0 aliphatic carbocycles. The van der Waals surface area contributed by atoms with Gasteiger partial charge in [0.15, 0.2) is 0 Å². The number of carbonyl (C=O) groups excluding carboxylic acids is 2. The van der Waals surface area contributed by atoms with Crippen molar-refractivity contribution in [1.82, 2.24) is 19.8 Å². The van der Waals surface area contributed by atoms with E-state index in [9.17, 15) is 9.59 Å². The third-order valence-corrected chi connectivity index (χ3v) is 4.14. The molecule has 0 spiro atoms. The van der Waals surface area contributed by atoms with Gasteiger partial charge in [-0.2, -0.15) is 0 Å². The molecule has 0 saturated carbocycles. The monoisotopic (exact) mass is 300 g/mol. The van der Waals surface area contributed by atoms with Crippen LogP contribution in [0.3, 0.4) is 0 Å². The fourth-order valence-corrected chi connectivity index (χ4v) is 2.96. The van der Waals surface area contributed by atoms with Crippen molar-refractivity contribution in [3.63, 3.8) is 0 Å². The summed E-state index contributed by atoms with van der Waals surface area (Å²) in [6.07, 6.45) is 4.76. The molecule has 1 N–H and O–H groups in total. The van der Waals surface area contributed by atoms with E-state index in [1.54, 1.807) is 4.90 Å². The molecule has 0 aromatic carbocycles. The highest BCUT2D eigenvalue weighted by Crippen LogP contribution is 2.24. The number of hydrogen-bond donors (Lipinski definition) is 1. The van der Waals surface area contributed by atoms with E-state index >= 15 is 0 Å². The van der Waals surface area contributed by atoms with Crippen molar-refractivity contribution in [1.29, 1.82) is 0 Å². The van der Waals surface area contributed by atoms with Gasteiger partial charge in [-0.05, 0) is 24.5 Å². The third kappa shape index (κ3) is 2.81. The molecule has 1 fully saturated rings. The van der Waals surface area contributed by atoms with Gasteiger partial charge < -0.3 is 14.8 Å². The molecule has 1 aliphatic heterocycles. The number of likely N-dealkylation sites (tertiary alicyclic amines) is 1. The summed E-state index contributed by atoms with van der Waals surface area (Å²) >= 11 is 0. The molecule has 2 aromatic rings. The zero-order valence-electron chi connectivity index (χ0n) is 12.9. The average Bonchev–Trinajstić information content (AvgIpc) is 2.82. The summed E-state index contributed by atoms with van der Waals surface area (Å²) < 4.78 is 2.09. The maximum Gasteiger partial charge on any atom is 0.241 e. The van der Waals surface area contributed by atoms with Crippen LogP contribution in [0.15, 0.2) is 24.5 Å². The van der Waals surface area contributed by atoms with Crippen molar-refractivity contribution in [2.45, 2.75) is 13.3 Å². The van der Waals surface area contributed by atoms with E-state index in [0.717, 1.165) is 25.2 Å². The van der Waals surface area contributed by atoms with E-state index in [4.69, 9.17) is 0 Å². The molecular weight excluding hydrogens is 280 g/mol. The number of rotatable bonds is 4. The summed E-state index contributed by atoms with van der Waals surface area (Å²) in [7, 11) is 2.03. The lowest BCUT2D eigenvalue weighted by molar-refractivity contribution is -0.138. The Morgan fingerprint density at radius 1 is 1.36 bits per heavy atom. The Kier molecular flexibility index (Phi) is 3.83. The smallest absolute Gasteiger partial charge is 0.241 e. The van der Waals surface area contributed by atoms with Crippen LogP contribution in [0.4, 0.5) is 0 Å². The minimum Gasteiger partial charge on any atom is -0.349 e. The van der Waals surface area contributed by atoms with E-state index in [0.29, 0.717) is 5.92 Å². The first-order valence-corrected chi connectivity index (χ1v) is 7.45. The summed E-state index contributed by atoms with van der Waals surface area (Å²) in [5.74, 6) is 0.246. The van der Waals surface area contributed by atoms with Crippen LogP contribution >= 0.6 is 0 Å². The van der Waals surface area contributed by atoms with Crippen molar-refractivity contribution in [2.24, 2.45) is 13.0 Å². The van der Waals surface area contributed by atoms with E-state index in [-0.39, 0.29) is 18.4 Å². The van der Waals surface area contributed by atoms with Crippen molar-refractivity contribution < 1.29 is 9.59 Å². The Labute approximate surface area is 129 Å². The van der Waals surface area contributed by atoms with Gasteiger partial charge in [0.2, 0.25) is 11.8 Å². The van der Waals surface area contributed by atoms with Crippen LogP contribution in [0.5, 0.6) is 0 Å². The van der Waals surface area contributed by atoms with E-state index in [2.05, 4.69) is 20.9 Å². The molecule has 22 heavy (non-hydrogen) atoms. The lowest BCUT2D eigenvalue weighted by atomic mass is 9.93. The van der Waals surface area contributed by atoms with Crippen LogP contribution in [0.1, 0.15) is 12.6 Å². The number of amides is 2. The predicted molar refractivity (Wildman–Crippen MR) is 83.2 cm³/mol. The Bertz CT molecular complexity index is 716. The van der Waals surface area contributed by atoms with Gasteiger partial charge in [0.25, 0.3) is 0 Å². The van der Waals surface area contributed by atoms with Gasteiger partial charge in [0.05, 0.1) is 17.8 Å². The second-order valence-corrected chi connectivity index (χ2v) is 5.90. The highest BCUT2D eigenvalue weighted by molar-refractivity contribution is 5.84. The van der Waals surface area contributed by atoms with Crippen LogP contribution in [0.25, 0.3) is 10.9 Å². The molecule has 3 rings (SSSR count). The van der Waals surface area contributed by atoms with Gasteiger partial charge in [0, 0.05) is 44.8 Å². The second-order valence-electron chi connectivity index (χ2n) is 5.90. The Morgan fingerprint density at radius 2 is 2.14 bits per heavy atom. The number of aromatic nitrogens is 2. The molecule has 3 heterocycles. The standard InChI is InChI=1S/C16H20N4O2/c1-11(21)18-8-15(22)20-9-12(10-20)7-14-16-13(3-5-17-14)4-6-19(16)2/h3-6,12H,7-10H2,1-2H3,(H,18,21). The van der Waals surface area contributed by atoms with Crippen molar-refractivity contribution in [2.75, 3.05) is 19.6 Å². The molecule has 0 unspecified atom stereocenters. The molecule has 2 amide bonds. The molecule has 1 aliphatic rings. The molecule has 1 saturated heterocycles. The van der Waals surface area contributed by atoms with Crippen LogP contribution in [-0.4, -0.2) is 45.9 Å². The molecule has 0 atom stereocenters. The summed E-state index contributed by atoms with van der Waals surface area (Å²) in [4.78, 5) is 29.0. The largest absolute Gasteiger partial charge is 0.349 e. The van der Waals surface area contributed by atoms with Gasteiger partial charge >= 0.3 is 0 Å². The summed E-state index contributed by atoms with van der Waals surface area (Å²) in [6, 6.07) is 4.10. The zero-order valence-corrected chi connectivity index (χ0v) is 12.9. The zero-order chi connectivity index (χ0) is 15.7. The van der Waals surface area contributed by atoms with Crippen LogP contribution in [-0.2, 0) is 23.1 Å². The first-order valence-electron chi connectivity index (χ1n) is 7.45. The maximum atomic E-state index is 11.8. The van der Waals surface area contributed by atoms with Gasteiger partial charge in [-0.25, -0.2) is 0 Å². The highest BCUT2D eigenvalue weighted by atomic mass is 16.2. The SMILES string of the molecule is CC(=O)NCC(=O)N1CC(Cc2nccc3ccn(C)c23)C1. The normalized spacial score (nSPS) is 14.9. The molecular formula is C16H20N4O2. The Hall–Kier alpha value is -2.37. The first-order chi connectivity index (χ1) is 10.5. The minimum absolute atomic E-state index is 0.0171. The fraction of sp³-hybridized carbons (Fsp3) is 0.438. The molecule has 0 bridgehead atoms. The first kappa shape index (κ1) is 14.6. The molecule has 0 radical (unpaired) electrons. The average molecular weight is 300 g/mol. The number of aryl methyl sites for hydroxylation is 1. The second kappa shape index (κ2) is 5.79. The van der Waals surface area contributed by atoms with Crippen LogP contribution < -0.4 is 5.32 Å². The topological polar surface area (TPSA) is 67.2 Å². The minimum atomic E-state index is -0.176. The molecule has 2 aromatic heterocycles. The quantitative estimate of drug-likeness (QED) is 0.904. The van der Waals surface area contributed by atoms with Gasteiger partial charge in [-0.3, -0.25) is 14.6 Å². The Morgan fingerprint density at radius 3 is 2.86 bits per heavy atom. The highest BCUT2D eigenvalue weighted by Gasteiger charge is 2.31. The summed E-state index contributed by atoms with van der Waals surface area (Å²) in [6.45, 7) is 2.98. The number of nitrogens with zero attached hydrogens (tertiary/aromatic N) is 3. The summed E-state index contributed by atoms with van der Waals surface area (Å²) in [5, 5.41) is 3.74. The number of pyridine rings is 1. The van der Waals surface area contributed by atoms with Gasteiger partial charge in [0.1, 0.15) is 0 Å². The van der Waals surface area contributed by atoms with Gasteiger partial charge in [-0.1, -0.05) is 0 Å². The van der Waals surface area contributed by atoms with Gasteiger partial charge in [-0.15, -0.1) is 0 Å². The molecule has 116 valence electrons. The molecule has 6 nitrogen and oxygen atoms in total. The van der Waals surface area contributed by atoms with Crippen molar-refractivity contribution in [3.05, 3.63) is 30.2 Å². The van der Waals surface area contributed by atoms with E-state index in [1.807, 2.05) is 25.5 Å². The van der Waals surface area contributed by atoms with Crippen molar-refractivity contribution in [3.8, 4) is 0 Å². The van der Waals surface area contributed by atoms with Crippen LogP contribution in [0.2, 0.25) is 0 Å². The summed E-state index contributed by atoms with van der Waals surface area (Å²) in [5.41, 5.74) is 2.26. The lowest BCUT2D eigenvalue weighted by Crippen LogP contribution is -2.53. The fourth-order valence-electron chi connectivity index (χ4n) is 2.96. The number of fused-ring (bicyclic) bond motifs is 1. The number of hydrogen-bond acceptors (Lipinski definition) is 3. The van der Waals surface area contributed by atoms with Crippen LogP contribution in [0, 0.1) is 5.92 Å². The number of carbonyl (C=O) groups is 2.